The summed E-state index contributed by atoms with van der Waals surface area (Å²) in [4.78, 5) is 22.8. The van der Waals surface area contributed by atoms with Gasteiger partial charge in [0.25, 0.3) is 5.91 Å². The average Bonchev–Trinajstić information content (AvgIpc) is 2.65. The molecule has 0 unspecified atom stereocenters. The van der Waals surface area contributed by atoms with Crippen LogP contribution < -0.4 is 10.7 Å². The van der Waals surface area contributed by atoms with Crippen molar-refractivity contribution in [1.82, 2.24) is 20.5 Å². The summed E-state index contributed by atoms with van der Waals surface area (Å²) < 4.78 is 1.84. The topological polar surface area (TPSA) is 88.4 Å². The minimum Gasteiger partial charge on any atom is -0.351 e. The van der Waals surface area contributed by atoms with E-state index in [1.807, 2.05) is 25.6 Å². The monoisotopic (exact) mass is 277 g/mol. The second-order valence-corrected chi connectivity index (χ2v) is 4.87. The van der Waals surface area contributed by atoms with Crippen molar-refractivity contribution < 1.29 is 9.59 Å². The molecule has 20 heavy (non-hydrogen) atoms. The molecular formula is C13H19N5O2. The van der Waals surface area contributed by atoms with Crippen molar-refractivity contribution in [2.45, 2.75) is 33.1 Å². The second kappa shape index (κ2) is 5.85. The Morgan fingerprint density at radius 2 is 2.15 bits per heavy atom. The third kappa shape index (κ3) is 3.04. The summed E-state index contributed by atoms with van der Waals surface area (Å²) in [5.74, 6) is -0.368. The Morgan fingerprint density at radius 1 is 1.40 bits per heavy atom. The molecule has 7 heteroatoms. The zero-order chi connectivity index (χ0) is 14.7. The summed E-state index contributed by atoms with van der Waals surface area (Å²) >= 11 is 0. The number of amides is 2. The van der Waals surface area contributed by atoms with E-state index in [4.69, 9.17) is 0 Å². The average molecular weight is 277 g/mol. The van der Waals surface area contributed by atoms with Gasteiger partial charge in [0.1, 0.15) is 5.71 Å². The molecule has 2 N–H and O–H groups in total. The van der Waals surface area contributed by atoms with E-state index >= 15 is 0 Å². The van der Waals surface area contributed by atoms with Crippen LogP contribution in [0, 0.1) is 13.8 Å². The van der Waals surface area contributed by atoms with Crippen LogP contribution in [0.5, 0.6) is 0 Å². The number of hydrazone groups is 1. The highest BCUT2D eigenvalue weighted by Gasteiger charge is 2.18. The molecule has 1 aliphatic heterocycles. The molecule has 7 nitrogen and oxygen atoms in total. The van der Waals surface area contributed by atoms with Crippen molar-refractivity contribution in [3.05, 3.63) is 17.0 Å². The van der Waals surface area contributed by atoms with Crippen LogP contribution in [-0.4, -0.2) is 33.9 Å². The number of rotatable bonds is 4. The smallest absolute Gasteiger partial charge is 0.267 e. The first kappa shape index (κ1) is 14.2. The summed E-state index contributed by atoms with van der Waals surface area (Å²) in [7, 11) is 1.91. The Balaban J connectivity index is 1.87. The molecule has 1 aromatic heterocycles. The van der Waals surface area contributed by atoms with Crippen molar-refractivity contribution in [2.24, 2.45) is 12.1 Å². The van der Waals surface area contributed by atoms with Crippen LogP contribution >= 0.6 is 0 Å². The molecule has 0 saturated heterocycles. The first-order valence-electron chi connectivity index (χ1n) is 6.61. The molecule has 108 valence electrons. The highest BCUT2D eigenvalue weighted by molar-refractivity contribution is 6.39. The molecule has 0 spiro atoms. The second-order valence-electron chi connectivity index (χ2n) is 4.87. The van der Waals surface area contributed by atoms with Gasteiger partial charge in [-0.05, 0) is 25.8 Å². The van der Waals surface area contributed by atoms with E-state index in [2.05, 4.69) is 20.9 Å². The van der Waals surface area contributed by atoms with E-state index in [1.165, 1.54) is 0 Å². The van der Waals surface area contributed by atoms with Crippen LogP contribution in [0.3, 0.4) is 0 Å². The number of carbonyl (C=O) groups excluding carboxylic acids is 2. The van der Waals surface area contributed by atoms with Crippen molar-refractivity contribution in [1.29, 1.82) is 0 Å². The number of nitrogens with one attached hydrogen (secondary N) is 2. The Labute approximate surface area is 117 Å². The number of aryl methyl sites for hydroxylation is 2. The van der Waals surface area contributed by atoms with Gasteiger partial charge < -0.3 is 5.32 Å². The van der Waals surface area contributed by atoms with Crippen molar-refractivity contribution in [2.75, 3.05) is 6.54 Å². The molecule has 0 saturated carbocycles. The van der Waals surface area contributed by atoms with Crippen molar-refractivity contribution >= 4 is 17.5 Å². The molecule has 0 aromatic carbocycles. The summed E-state index contributed by atoms with van der Waals surface area (Å²) in [5, 5.41) is 10.9. The molecule has 0 bridgehead atoms. The first-order valence-corrected chi connectivity index (χ1v) is 6.61. The number of aromatic nitrogens is 2. The fourth-order valence-corrected chi connectivity index (χ4v) is 2.22. The summed E-state index contributed by atoms with van der Waals surface area (Å²) in [6.07, 6.45) is 1.44. The van der Waals surface area contributed by atoms with Crippen molar-refractivity contribution in [3.8, 4) is 0 Å². The van der Waals surface area contributed by atoms with E-state index in [9.17, 15) is 9.59 Å². The van der Waals surface area contributed by atoms with Gasteiger partial charge in [0.05, 0.1) is 5.69 Å². The van der Waals surface area contributed by atoms with Gasteiger partial charge in [-0.25, -0.2) is 5.43 Å². The fraction of sp³-hybridized carbons (Fsp3) is 0.538. The first-order chi connectivity index (χ1) is 9.49. The minimum atomic E-state index is -0.218. The third-order valence-electron chi connectivity index (χ3n) is 3.49. The maximum atomic E-state index is 11.9. The molecule has 0 aliphatic carbocycles. The van der Waals surface area contributed by atoms with Crippen LogP contribution in [0.2, 0.25) is 0 Å². The molecule has 2 amide bonds. The van der Waals surface area contributed by atoms with Crippen LogP contribution in [0.4, 0.5) is 0 Å². The number of hydrogen-bond acceptors (Lipinski definition) is 4. The van der Waals surface area contributed by atoms with Gasteiger partial charge in [0, 0.05) is 32.1 Å². The molecular weight excluding hydrogens is 258 g/mol. The van der Waals surface area contributed by atoms with Crippen LogP contribution in [0.15, 0.2) is 5.10 Å². The quantitative estimate of drug-likeness (QED) is 0.809. The zero-order valence-electron chi connectivity index (χ0n) is 12.0. The Kier molecular flexibility index (Phi) is 4.16. The maximum absolute atomic E-state index is 11.9. The number of carbonyl (C=O) groups is 2. The Morgan fingerprint density at radius 3 is 2.70 bits per heavy atom. The number of nitrogens with zero attached hydrogens (tertiary/aromatic N) is 3. The van der Waals surface area contributed by atoms with Gasteiger partial charge in [-0.1, -0.05) is 0 Å². The van der Waals surface area contributed by atoms with E-state index in [0.29, 0.717) is 25.1 Å². The molecule has 0 fully saturated rings. The van der Waals surface area contributed by atoms with Gasteiger partial charge in [0.15, 0.2) is 0 Å². The zero-order valence-corrected chi connectivity index (χ0v) is 12.0. The Bertz CT molecular complexity index is 574. The highest BCUT2D eigenvalue weighted by Crippen LogP contribution is 2.11. The molecule has 2 heterocycles. The lowest BCUT2D eigenvalue weighted by molar-refractivity contribution is -0.121. The lowest BCUT2D eigenvalue weighted by Gasteiger charge is -2.12. The predicted molar refractivity (Wildman–Crippen MR) is 74.2 cm³/mol. The largest absolute Gasteiger partial charge is 0.351 e. The molecule has 1 aromatic rings. The SMILES string of the molecule is Cc1nn(C)c(C)c1CCNC(=O)C1=NNC(=O)CC1. The lowest BCUT2D eigenvalue weighted by atomic mass is 10.1. The van der Waals surface area contributed by atoms with Gasteiger partial charge >= 0.3 is 0 Å². The van der Waals surface area contributed by atoms with Crippen LogP contribution in [0.25, 0.3) is 0 Å². The lowest BCUT2D eigenvalue weighted by Crippen LogP contribution is -2.37. The summed E-state index contributed by atoms with van der Waals surface area (Å²) in [5.41, 5.74) is 5.95. The molecule has 0 atom stereocenters. The third-order valence-corrected chi connectivity index (χ3v) is 3.49. The molecule has 2 rings (SSSR count). The van der Waals surface area contributed by atoms with Crippen molar-refractivity contribution in [3.63, 3.8) is 0 Å². The van der Waals surface area contributed by atoms with E-state index in [-0.39, 0.29) is 11.8 Å². The molecule has 1 aliphatic rings. The van der Waals surface area contributed by atoms with Gasteiger partial charge in [-0.3, -0.25) is 14.3 Å². The van der Waals surface area contributed by atoms with E-state index in [1.54, 1.807) is 0 Å². The fourth-order valence-electron chi connectivity index (χ4n) is 2.22. The standard InChI is InChI=1S/C13H19N5O2/c1-8-10(9(2)18(3)17-8)6-7-14-13(20)11-4-5-12(19)16-15-11/h4-7H2,1-3H3,(H,14,20)(H,16,19). The number of hydrogen-bond donors (Lipinski definition) is 2. The van der Waals surface area contributed by atoms with Crippen LogP contribution in [0.1, 0.15) is 29.8 Å². The molecule has 0 radical (unpaired) electrons. The van der Waals surface area contributed by atoms with Crippen LogP contribution in [-0.2, 0) is 23.1 Å². The minimum absolute atomic E-state index is 0.150. The normalized spacial score (nSPS) is 14.8. The van der Waals surface area contributed by atoms with E-state index < -0.39 is 0 Å². The van der Waals surface area contributed by atoms with Gasteiger partial charge in [-0.15, -0.1) is 0 Å². The highest BCUT2D eigenvalue weighted by atomic mass is 16.2. The van der Waals surface area contributed by atoms with Gasteiger partial charge in [0.2, 0.25) is 5.91 Å². The summed E-state index contributed by atoms with van der Waals surface area (Å²) in [6.45, 7) is 4.50. The van der Waals surface area contributed by atoms with E-state index in [0.717, 1.165) is 23.4 Å². The maximum Gasteiger partial charge on any atom is 0.267 e. The van der Waals surface area contributed by atoms with Gasteiger partial charge in [-0.2, -0.15) is 10.2 Å². The summed E-state index contributed by atoms with van der Waals surface area (Å²) in [6, 6.07) is 0. The Hall–Kier alpha value is -2.18. The predicted octanol–water partition coefficient (Wildman–Crippen LogP) is -0.0384.